The molecule has 0 spiro atoms. The Balaban J connectivity index is 2.31. The van der Waals surface area contributed by atoms with Gasteiger partial charge < -0.3 is 9.88 Å². The molecule has 108 valence electrons. The van der Waals surface area contributed by atoms with Crippen LogP contribution in [0.1, 0.15) is 39.8 Å². The number of fused-ring (bicyclic) bond motifs is 1. The number of nitrogens with one attached hydrogen (secondary N) is 1. The van der Waals surface area contributed by atoms with Crippen molar-refractivity contribution in [2.45, 2.75) is 52.7 Å². The van der Waals surface area contributed by atoms with Gasteiger partial charge in [0.05, 0.1) is 0 Å². The molecule has 0 amide bonds. The largest absolute Gasteiger partial charge is 0.343 e. The summed E-state index contributed by atoms with van der Waals surface area (Å²) in [6.07, 6.45) is 1.03. The third-order valence-corrected chi connectivity index (χ3v) is 3.46. The van der Waals surface area contributed by atoms with Crippen LogP contribution in [0.4, 0.5) is 0 Å². The van der Waals surface area contributed by atoms with Gasteiger partial charge >= 0.3 is 0 Å². The quantitative estimate of drug-likeness (QED) is 0.792. The van der Waals surface area contributed by atoms with Crippen LogP contribution in [0.2, 0.25) is 0 Å². The highest BCUT2D eigenvalue weighted by molar-refractivity contribution is 5.81. The fourth-order valence-electron chi connectivity index (χ4n) is 2.34. The van der Waals surface area contributed by atoms with E-state index in [1.165, 1.54) is 22.2 Å². The standard InChI is InChI=1S/C18H26N2/c1-14(2)10-11-20-16(13-19-18(3,4)5)12-15-8-6-7-9-17(15)20/h6-9,12,19H,1,10-11,13H2,2-5H3. The van der Waals surface area contributed by atoms with Crippen molar-refractivity contribution in [1.29, 1.82) is 0 Å². The zero-order valence-corrected chi connectivity index (χ0v) is 13.2. The molecule has 20 heavy (non-hydrogen) atoms. The summed E-state index contributed by atoms with van der Waals surface area (Å²) < 4.78 is 2.42. The van der Waals surface area contributed by atoms with Crippen molar-refractivity contribution in [3.05, 3.63) is 48.2 Å². The predicted octanol–water partition coefficient (Wildman–Crippen LogP) is 4.50. The molecule has 0 unspecified atom stereocenters. The van der Waals surface area contributed by atoms with Crippen molar-refractivity contribution in [1.82, 2.24) is 9.88 Å². The van der Waals surface area contributed by atoms with E-state index in [0.717, 1.165) is 19.5 Å². The monoisotopic (exact) mass is 270 g/mol. The van der Waals surface area contributed by atoms with E-state index in [9.17, 15) is 0 Å². The molecule has 2 nitrogen and oxygen atoms in total. The van der Waals surface area contributed by atoms with Gasteiger partial charge in [-0.05, 0) is 51.6 Å². The smallest absolute Gasteiger partial charge is 0.0483 e. The third kappa shape index (κ3) is 3.73. The minimum Gasteiger partial charge on any atom is -0.343 e. The molecule has 0 fully saturated rings. The van der Waals surface area contributed by atoms with Gasteiger partial charge in [0, 0.05) is 29.8 Å². The lowest BCUT2D eigenvalue weighted by Gasteiger charge is -2.21. The number of hydrogen-bond donors (Lipinski definition) is 1. The van der Waals surface area contributed by atoms with Crippen molar-refractivity contribution in [2.75, 3.05) is 0 Å². The molecule has 0 radical (unpaired) electrons. The van der Waals surface area contributed by atoms with Crippen LogP contribution >= 0.6 is 0 Å². The van der Waals surface area contributed by atoms with E-state index in [-0.39, 0.29) is 5.54 Å². The maximum atomic E-state index is 4.02. The van der Waals surface area contributed by atoms with Gasteiger partial charge in [0.2, 0.25) is 0 Å². The van der Waals surface area contributed by atoms with Crippen LogP contribution in [0, 0.1) is 0 Å². The lowest BCUT2D eigenvalue weighted by molar-refractivity contribution is 0.416. The summed E-state index contributed by atoms with van der Waals surface area (Å²) in [6.45, 7) is 14.6. The Hall–Kier alpha value is -1.54. The topological polar surface area (TPSA) is 17.0 Å². The summed E-state index contributed by atoms with van der Waals surface area (Å²) in [7, 11) is 0. The van der Waals surface area contributed by atoms with Crippen molar-refractivity contribution >= 4 is 10.9 Å². The summed E-state index contributed by atoms with van der Waals surface area (Å²) in [5, 5.41) is 4.90. The molecule has 1 heterocycles. The lowest BCUT2D eigenvalue weighted by Crippen LogP contribution is -2.35. The van der Waals surface area contributed by atoms with Crippen molar-refractivity contribution < 1.29 is 0 Å². The first kappa shape index (κ1) is 14.9. The van der Waals surface area contributed by atoms with Crippen LogP contribution < -0.4 is 5.32 Å². The molecule has 0 saturated carbocycles. The predicted molar refractivity (Wildman–Crippen MR) is 88.0 cm³/mol. The summed E-state index contributed by atoms with van der Waals surface area (Å²) in [4.78, 5) is 0. The van der Waals surface area contributed by atoms with E-state index in [2.05, 4.69) is 74.5 Å². The first-order valence-corrected chi connectivity index (χ1v) is 7.33. The second-order valence-corrected chi connectivity index (χ2v) is 6.66. The highest BCUT2D eigenvalue weighted by Crippen LogP contribution is 2.21. The fourth-order valence-corrected chi connectivity index (χ4v) is 2.34. The SMILES string of the molecule is C=C(C)CCn1c(CNC(C)(C)C)cc2ccccc21. The van der Waals surface area contributed by atoms with Crippen molar-refractivity contribution in [2.24, 2.45) is 0 Å². The van der Waals surface area contributed by atoms with Crippen LogP contribution in [0.3, 0.4) is 0 Å². The Kier molecular flexibility index (Phi) is 4.34. The first-order valence-electron chi connectivity index (χ1n) is 7.33. The summed E-state index contributed by atoms with van der Waals surface area (Å²) in [5.41, 5.74) is 4.04. The summed E-state index contributed by atoms with van der Waals surface area (Å²) in [6, 6.07) is 10.9. The van der Waals surface area contributed by atoms with Crippen LogP contribution in [-0.2, 0) is 13.1 Å². The molecular weight excluding hydrogens is 244 g/mol. The van der Waals surface area contributed by atoms with Crippen LogP contribution in [0.5, 0.6) is 0 Å². The molecule has 2 rings (SSSR count). The number of para-hydroxylation sites is 1. The molecule has 0 atom stereocenters. The molecule has 0 aliphatic carbocycles. The zero-order valence-electron chi connectivity index (χ0n) is 13.2. The second kappa shape index (κ2) is 5.84. The molecule has 0 bridgehead atoms. The Bertz CT molecular complexity index is 599. The van der Waals surface area contributed by atoms with E-state index >= 15 is 0 Å². The van der Waals surface area contributed by atoms with E-state index in [1.54, 1.807) is 0 Å². The Morgan fingerprint density at radius 3 is 2.60 bits per heavy atom. The number of nitrogens with zero attached hydrogens (tertiary/aromatic N) is 1. The molecule has 2 heteroatoms. The molecule has 2 aromatic rings. The Morgan fingerprint density at radius 2 is 1.95 bits per heavy atom. The number of aromatic nitrogens is 1. The van der Waals surface area contributed by atoms with Crippen LogP contribution in [0.25, 0.3) is 10.9 Å². The fraction of sp³-hybridized carbons (Fsp3) is 0.444. The molecule has 0 saturated heterocycles. The summed E-state index contributed by atoms with van der Waals surface area (Å²) in [5.74, 6) is 0. The number of allylic oxidation sites excluding steroid dienone is 1. The van der Waals surface area contributed by atoms with Gasteiger partial charge in [-0.2, -0.15) is 0 Å². The zero-order chi connectivity index (χ0) is 14.8. The highest BCUT2D eigenvalue weighted by Gasteiger charge is 2.12. The minimum absolute atomic E-state index is 0.135. The Morgan fingerprint density at radius 1 is 1.25 bits per heavy atom. The maximum Gasteiger partial charge on any atom is 0.0483 e. The van der Waals surface area contributed by atoms with Gasteiger partial charge in [0.25, 0.3) is 0 Å². The molecule has 1 aromatic heterocycles. The van der Waals surface area contributed by atoms with Crippen LogP contribution in [-0.4, -0.2) is 10.1 Å². The Labute approximate surface area is 122 Å². The van der Waals surface area contributed by atoms with Gasteiger partial charge in [0.15, 0.2) is 0 Å². The molecule has 1 aromatic carbocycles. The first-order chi connectivity index (χ1) is 9.37. The normalized spacial score (nSPS) is 12.0. The van der Waals surface area contributed by atoms with E-state index in [4.69, 9.17) is 0 Å². The molecule has 0 aliphatic rings. The average Bonchev–Trinajstić information content (AvgIpc) is 2.71. The second-order valence-electron chi connectivity index (χ2n) is 6.66. The number of benzene rings is 1. The number of aryl methyl sites for hydroxylation is 1. The van der Waals surface area contributed by atoms with Gasteiger partial charge in [-0.15, -0.1) is 6.58 Å². The van der Waals surface area contributed by atoms with Crippen molar-refractivity contribution in [3.63, 3.8) is 0 Å². The molecule has 1 N–H and O–H groups in total. The number of rotatable bonds is 5. The van der Waals surface area contributed by atoms with Gasteiger partial charge in [-0.3, -0.25) is 0 Å². The lowest BCUT2D eigenvalue weighted by atomic mass is 10.1. The van der Waals surface area contributed by atoms with E-state index in [1.807, 2.05) is 0 Å². The van der Waals surface area contributed by atoms with Crippen molar-refractivity contribution in [3.8, 4) is 0 Å². The number of hydrogen-bond acceptors (Lipinski definition) is 1. The van der Waals surface area contributed by atoms with Gasteiger partial charge in [-0.25, -0.2) is 0 Å². The summed E-state index contributed by atoms with van der Waals surface area (Å²) >= 11 is 0. The maximum absolute atomic E-state index is 4.02. The molecule has 0 aliphatic heterocycles. The van der Waals surface area contributed by atoms with Gasteiger partial charge in [-0.1, -0.05) is 23.8 Å². The minimum atomic E-state index is 0.135. The molecular formula is C18H26N2. The third-order valence-electron chi connectivity index (χ3n) is 3.46. The van der Waals surface area contributed by atoms with E-state index < -0.39 is 0 Å². The van der Waals surface area contributed by atoms with Crippen LogP contribution in [0.15, 0.2) is 42.5 Å². The van der Waals surface area contributed by atoms with Gasteiger partial charge in [0.1, 0.15) is 0 Å². The van der Waals surface area contributed by atoms with E-state index in [0.29, 0.717) is 0 Å². The average molecular weight is 270 g/mol. The highest BCUT2D eigenvalue weighted by atomic mass is 15.0.